The van der Waals surface area contributed by atoms with Crippen LogP contribution in [0.1, 0.15) is 48.8 Å². The summed E-state index contributed by atoms with van der Waals surface area (Å²) in [6.07, 6.45) is 5.23. The highest BCUT2D eigenvalue weighted by Gasteiger charge is 2.36. The summed E-state index contributed by atoms with van der Waals surface area (Å²) in [6, 6.07) is 29.2. The SMILES string of the molecule is COc1ccc(OC)c(N(CC(=O)N(Cc2ccccc2C)[C@@H](Cc2ccccc2)C(=O)NC2CCCCC2)S(=O)(=O)c2ccccc2)c1. The van der Waals surface area contributed by atoms with E-state index in [0.29, 0.717) is 5.75 Å². The van der Waals surface area contributed by atoms with Gasteiger partial charge in [0.2, 0.25) is 11.8 Å². The molecule has 0 saturated heterocycles. The van der Waals surface area contributed by atoms with E-state index in [1.165, 1.54) is 37.3 Å². The van der Waals surface area contributed by atoms with Crippen molar-refractivity contribution in [2.45, 2.75) is 69.0 Å². The number of benzene rings is 4. The van der Waals surface area contributed by atoms with Crippen molar-refractivity contribution in [1.82, 2.24) is 10.2 Å². The third-order valence-electron chi connectivity index (χ3n) is 9.09. The van der Waals surface area contributed by atoms with E-state index in [2.05, 4.69) is 5.32 Å². The first kappa shape index (κ1) is 35.5. The number of aryl methyl sites for hydroxylation is 1. The number of carbonyl (C=O) groups is 2. The third kappa shape index (κ3) is 8.80. The van der Waals surface area contributed by atoms with Crippen molar-refractivity contribution in [3.8, 4) is 11.5 Å². The second kappa shape index (κ2) is 16.5. The fraction of sp³-hybridized carbons (Fsp3) is 0.333. The van der Waals surface area contributed by atoms with Crippen LogP contribution in [0.4, 0.5) is 5.69 Å². The Morgan fingerprint density at radius 1 is 0.837 bits per heavy atom. The molecule has 0 aliphatic heterocycles. The molecule has 258 valence electrons. The molecule has 49 heavy (non-hydrogen) atoms. The van der Waals surface area contributed by atoms with Gasteiger partial charge in [0.25, 0.3) is 10.0 Å². The average Bonchev–Trinajstić information content (AvgIpc) is 3.13. The van der Waals surface area contributed by atoms with E-state index in [9.17, 15) is 18.0 Å². The molecule has 5 rings (SSSR count). The smallest absolute Gasteiger partial charge is 0.264 e. The Bertz CT molecular complexity index is 1810. The van der Waals surface area contributed by atoms with Crippen LogP contribution in [0.2, 0.25) is 0 Å². The molecule has 0 spiro atoms. The maximum atomic E-state index is 14.9. The molecule has 9 nitrogen and oxygen atoms in total. The van der Waals surface area contributed by atoms with Crippen LogP contribution >= 0.6 is 0 Å². The molecule has 4 aromatic carbocycles. The van der Waals surface area contributed by atoms with E-state index < -0.39 is 28.5 Å². The second-order valence-electron chi connectivity index (χ2n) is 12.4. The monoisotopic (exact) mass is 683 g/mol. The lowest BCUT2D eigenvalue weighted by atomic mass is 9.94. The van der Waals surface area contributed by atoms with Gasteiger partial charge in [-0.3, -0.25) is 13.9 Å². The van der Waals surface area contributed by atoms with Gasteiger partial charge in [-0.15, -0.1) is 0 Å². The molecule has 1 N–H and O–H groups in total. The summed E-state index contributed by atoms with van der Waals surface area (Å²) in [5.41, 5.74) is 2.84. The van der Waals surface area contributed by atoms with Crippen LogP contribution < -0.4 is 19.1 Å². The standard InChI is InChI=1S/C39H45N3O6S/c1-29-15-13-14-18-31(29)27-41(36(25-30-16-7-4-8-17-30)39(44)40-32-19-9-5-10-20-32)38(43)28-42(49(45,46)34-21-11-6-12-22-34)35-26-33(47-2)23-24-37(35)48-3/h4,6-8,11-18,21-24,26,32,36H,5,9-10,19-20,25,27-28H2,1-3H3,(H,40,44)/t36-/m0/s1. The Balaban J connectivity index is 1.61. The summed E-state index contributed by atoms with van der Waals surface area (Å²) in [5, 5.41) is 3.25. The number of nitrogens with one attached hydrogen (secondary N) is 1. The van der Waals surface area contributed by atoms with Gasteiger partial charge < -0.3 is 19.7 Å². The zero-order chi connectivity index (χ0) is 34.8. The van der Waals surface area contributed by atoms with Gasteiger partial charge >= 0.3 is 0 Å². The summed E-state index contributed by atoms with van der Waals surface area (Å²) in [4.78, 5) is 30.7. The van der Waals surface area contributed by atoms with Crippen molar-refractivity contribution < 1.29 is 27.5 Å². The molecule has 0 radical (unpaired) electrons. The second-order valence-corrected chi connectivity index (χ2v) is 14.2. The van der Waals surface area contributed by atoms with Gasteiger partial charge in [0, 0.05) is 25.1 Å². The molecule has 0 heterocycles. The highest BCUT2D eigenvalue weighted by atomic mass is 32.2. The van der Waals surface area contributed by atoms with Gasteiger partial charge in [-0.2, -0.15) is 0 Å². The van der Waals surface area contributed by atoms with Crippen molar-refractivity contribution in [3.05, 3.63) is 120 Å². The lowest BCUT2D eigenvalue weighted by Gasteiger charge is -2.35. The van der Waals surface area contributed by atoms with Gasteiger partial charge in [0.1, 0.15) is 24.1 Å². The van der Waals surface area contributed by atoms with Crippen molar-refractivity contribution in [2.24, 2.45) is 0 Å². The van der Waals surface area contributed by atoms with Crippen LogP contribution in [0.15, 0.2) is 108 Å². The molecule has 4 aromatic rings. The first-order chi connectivity index (χ1) is 23.7. The maximum Gasteiger partial charge on any atom is 0.264 e. The molecule has 1 atom stereocenters. The number of nitrogens with zero attached hydrogens (tertiary/aromatic N) is 2. The zero-order valence-corrected chi connectivity index (χ0v) is 29.2. The maximum absolute atomic E-state index is 14.9. The minimum Gasteiger partial charge on any atom is -0.497 e. The Morgan fingerprint density at radius 3 is 2.14 bits per heavy atom. The predicted molar refractivity (Wildman–Crippen MR) is 191 cm³/mol. The summed E-state index contributed by atoms with van der Waals surface area (Å²) in [5.74, 6) is -0.155. The van der Waals surface area contributed by atoms with Crippen LogP contribution in [-0.2, 0) is 32.6 Å². The summed E-state index contributed by atoms with van der Waals surface area (Å²) in [6.45, 7) is 1.48. The van der Waals surface area contributed by atoms with Crippen LogP contribution in [0, 0.1) is 6.92 Å². The van der Waals surface area contributed by atoms with Gasteiger partial charge in [-0.1, -0.05) is 92.1 Å². The molecule has 1 saturated carbocycles. The molecule has 0 unspecified atom stereocenters. The number of ether oxygens (including phenoxy) is 2. The molecule has 0 aromatic heterocycles. The van der Waals surface area contributed by atoms with Crippen molar-refractivity contribution in [3.63, 3.8) is 0 Å². The fourth-order valence-corrected chi connectivity index (χ4v) is 7.73. The van der Waals surface area contributed by atoms with Gasteiger partial charge in [0.05, 0.1) is 24.8 Å². The Kier molecular flexibility index (Phi) is 12.0. The molecule has 2 amide bonds. The Morgan fingerprint density at radius 2 is 1.49 bits per heavy atom. The van der Waals surface area contributed by atoms with Crippen LogP contribution in [0.25, 0.3) is 0 Å². The molecule has 0 bridgehead atoms. The normalized spacial score (nSPS) is 14.0. The molecular formula is C39H45N3O6S. The number of hydrogen-bond acceptors (Lipinski definition) is 6. The van der Waals surface area contributed by atoms with E-state index in [4.69, 9.17) is 9.47 Å². The number of hydrogen-bond donors (Lipinski definition) is 1. The van der Waals surface area contributed by atoms with E-state index in [-0.39, 0.29) is 41.2 Å². The number of carbonyl (C=O) groups excluding carboxylic acids is 2. The number of methoxy groups -OCH3 is 2. The van der Waals surface area contributed by atoms with Crippen LogP contribution in [-0.4, -0.2) is 58.0 Å². The van der Waals surface area contributed by atoms with Gasteiger partial charge in [-0.05, 0) is 60.7 Å². The lowest BCUT2D eigenvalue weighted by molar-refractivity contribution is -0.140. The highest BCUT2D eigenvalue weighted by Crippen LogP contribution is 2.36. The summed E-state index contributed by atoms with van der Waals surface area (Å²) in [7, 11) is -1.38. The third-order valence-corrected chi connectivity index (χ3v) is 10.9. The zero-order valence-electron chi connectivity index (χ0n) is 28.4. The van der Waals surface area contributed by atoms with Crippen molar-refractivity contribution in [2.75, 3.05) is 25.1 Å². The van der Waals surface area contributed by atoms with Gasteiger partial charge in [-0.25, -0.2) is 8.42 Å². The van der Waals surface area contributed by atoms with Crippen LogP contribution in [0.5, 0.6) is 11.5 Å². The first-order valence-corrected chi connectivity index (χ1v) is 18.1. The fourth-order valence-electron chi connectivity index (χ4n) is 6.29. The minimum absolute atomic E-state index is 0.00834. The number of amides is 2. The van der Waals surface area contributed by atoms with E-state index in [1.54, 1.807) is 30.3 Å². The number of anilines is 1. The van der Waals surface area contributed by atoms with Gasteiger partial charge in [0.15, 0.2) is 0 Å². The molecular weight excluding hydrogens is 639 g/mol. The highest BCUT2D eigenvalue weighted by molar-refractivity contribution is 7.92. The van der Waals surface area contributed by atoms with E-state index in [1.807, 2.05) is 61.5 Å². The van der Waals surface area contributed by atoms with E-state index in [0.717, 1.165) is 53.1 Å². The quantitative estimate of drug-likeness (QED) is 0.167. The minimum atomic E-state index is -4.30. The number of sulfonamides is 1. The number of rotatable bonds is 14. The predicted octanol–water partition coefficient (Wildman–Crippen LogP) is 6.30. The molecule has 1 fully saturated rings. The van der Waals surface area contributed by atoms with E-state index >= 15 is 0 Å². The molecule has 1 aliphatic carbocycles. The molecule has 1 aliphatic rings. The largest absolute Gasteiger partial charge is 0.497 e. The van der Waals surface area contributed by atoms with Crippen molar-refractivity contribution in [1.29, 1.82) is 0 Å². The first-order valence-electron chi connectivity index (χ1n) is 16.7. The lowest BCUT2D eigenvalue weighted by Crippen LogP contribution is -2.55. The Hall–Kier alpha value is -4.83. The summed E-state index contributed by atoms with van der Waals surface area (Å²) < 4.78 is 40.9. The van der Waals surface area contributed by atoms with Crippen molar-refractivity contribution >= 4 is 27.5 Å². The topological polar surface area (TPSA) is 105 Å². The average molecular weight is 684 g/mol. The molecule has 10 heteroatoms. The Labute approximate surface area is 289 Å². The van der Waals surface area contributed by atoms with Crippen LogP contribution in [0.3, 0.4) is 0 Å². The summed E-state index contributed by atoms with van der Waals surface area (Å²) >= 11 is 0.